The van der Waals surface area contributed by atoms with Gasteiger partial charge in [0, 0.05) is 17.8 Å². The van der Waals surface area contributed by atoms with Crippen LogP contribution < -0.4 is 20.7 Å². The molecule has 2 amide bonds. The van der Waals surface area contributed by atoms with Gasteiger partial charge in [0.05, 0.1) is 12.2 Å². The maximum Gasteiger partial charge on any atom is 0.251 e. The van der Waals surface area contributed by atoms with Gasteiger partial charge in [-0.05, 0) is 60.9 Å². The van der Waals surface area contributed by atoms with Gasteiger partial charge in [-0.3, -0.25) is 9.59 Å². The number of rotatable bonds is 9. The lowest BCUT2D eigenvalue weighted by Gasteiger charge is -2.14. The van der Waals surface area contributed by atoms with Gasteiger partial charge in [0.1, 0.15) is 5.75 Å². The zero-order chi connectivity index (χ0) is 22.9. The summed E-state index contributed by atoms with van der Waals surface area (Å²) in [6.45, 7) is 6.72. The largest absolute Gasteiger partial charge is 0.455 e. The lowest BCUT2D eigenvalue weighted by atomic mass is 10.1. The van der Waals surface area contributed by atoms with Crippen LogP contribution in [0.3, 0.4) is 0 Å². The summed E-state index contributed by atoms with van der Waals surface area (Å²) in [6.07, 6.45) is 0. The van der Waals surface area contributed by atoms with E-state index in [2.05, 4.69) is 29.8 Å². The molecule has 0 unspecified atom stereocenters. The number of benzene rings is 3. The quantitative estimate of drug-likeness (QED) is 0.434. The van der Waals surface area contributed by atoms with Gasteiger partial charge >= 0.3 is 0 Å². The molecule has 3 aromatic rings. The lowest BCUT2D eigenvalue weighted by molar-refractivity contribution is -0.114. The van der Waals surface area contributed by atoms with Crippen molar-refractivity contribution in [1.82, 2.24) is 5.32 Å². The molecule has 0 saturated heterocycles. The molecule has 6 nitrogen and oxygen atoms in total. The number of hydrogen-bond donors (Lipinski definition) is 3. The molecule has 166 valence electrons. The first-order valence-corrected chi connectivity index (χ1v) is 10.7. The van der Waals surface area contributed by atoms with E-state index in [9.17, 15) is 9.59 Å². The zero-order valence-electron chi connectivity index (χ0n) is 18.6. The minimum absolute atomic E-state index is 0.0827. The fourth-order valence-electron chi connectivity index (χ4n) is 3.05. The van der Waals surface area contributed by atoms with Crippen molar-refractivity contribution in [2.24, 2.45) is 5.92 Å². The topological polar surface area (TPSA) is 79.5 Å². The van der Waals surface area contributed by atoms with E-state index < -0.39 is 0 Å². The molecule has 3 N–H and O–H groups in total. The minimum Gasteiger partial charge on any atom is -0.455 e. The first-order valence-electron chi connectivity index (χ1n) is 10.7. The van der Waals surface area contributed by atoms with Gasteiger partial charge in [-0.2, -0.15) is 0 Å². The first kappa shape index (κ1) is 22.9. The van der Waals surface area contributed by atoms with Gasteiger partial charge in [-0.25, -0.2) is 0 Å². The maximum absolute atomic E-state index is 12.5. The van der Waals surface area contributed by atoms with Crippen LogP contribution in [0.1, 0.15) is 29.8 Å². The summed E-state index contributed by atoms with van der Waals surface area (Å²) in [5, 5.41) is 8.93. The van der Waals surface area contributed by atoms with Crippen molar-refractivity contribution in [2.75, 3.05) is 23.7 Å². The van der Waals surface area contributed by atoms with E-state index in [1.807, 2.05) is 67.6 Å². The molecule has 0 fully saturated rings. The van der Waals surface area contributed by atoms with Gasteiger partial charge in [-0.15, -0.1) is 0 Å². The SMILES string of the molecule is Cc1cc(C(=O)NCC(C)C)ccc1NCC(=O)Nc1ccccc1Oc1ccccc1. The number of amides is 2. The Morgan fingerprint density at radius 1 is 0.906 bits per heavy atom. The number of hydrogen-bond acceptors (Lipinski definition) is 4. The van der Waals surface area contributed by atoms with E-state index in [-0.39, 0.29) is 18.4 Å². The fourth-order valence-corrected chi connectivity index (χ4v) is 3.05. The number of carbonyl (C=O) groups excluding carboxylic acids is 2. The normalized spacial score (nSPS) is 10.5. The van der Waals surface area contributed by atoms with Crippen LogP contribution in [-0.4, -0.2) is 24.9 Å². The summed E-state index contributed by atoms with van der Waals surface area (Å²) in [4.78, 5) is 24.8. The molecular weight excluding hydrogens is 402 g/mol. The van der Waals surface area contributed by atoms with Crippen LogP contribution in [-0.2, 0) is 4.79 Å². The summed E-state index contributed by atoms with van der Waals surface area (Å²) in [5.74, 6) is 1.36. The smallest absolute Gasteiger partial charge is 0.251 e. The van der Waals surface area contributed by atoms with Crippen molar-refractivity contribution in [2.45, 2.75) is 20.8 Å². The van der Waals surface area contributed by atoms with E-state index in [4.69, 9.17) is 4.74 Å². The number of carbonyl (C=O) groups is 2. The Kier molecular flexibility index (Phi) is 7.86. The second kappa shape index (κ2) is 11.0. The zero-order valence-corrected chi connectivity index (χ0v) is 18.6. The Bertz CT molecular complexity index is 1060. The van der Waals surface area contributed by atoms with Crippen molar-refractivity contribution < 1.29 is 14.3 Å². The van der Waals surface area contributed by atoms with Crippen molar-refractivity contribution >= 4 is 23.2 Å². The summed E-state index contributed by atoms with van der Waals surface area (Å²) in [7, 11) is 0. The highest BCUT2D eigenvalue weighted by molar-refractivity contribution is 5.96. The van der Waals surface area contributed by atoms with Gasteiger partial charge in [0.15, 0.2) is 5.75 Å². The number of aryl methyl sites for hydroxylation is 1. The summed E-state index contributed by atoms with van der Waals surface area (Å²) >= 11 is 0. The number of ether oxygens (including phenoxy) is 1. The Balaban J connectivity index is 1.58. The lowest BCUT2D eigenvalue weighted by Crippen LogP contribution is -2.27. The molecule has 0 bridgehead atoms. The Morgan fingerprint density at radius 3 is 2.34 bits per heavy atom. The molecule has 6 heteroatoms. The van der Waals surface area contributed by atoms with E-state index in [0.29, 0.717) is 35.2 Å². The van der Waals surface area contributed by atoms with E-state index in [1.165, 1.54) is 0 Å². The van der Waals surface area contributed by atoms with Crippen molar-refractivity contribution in [3.8, 4) is 11.5 Å². The van der Waals surface area contributed by atoms with E-state index >= 15 is 0 Å². The molecule has 0 saturated carbocycles. The van der Waals surface area contributed by atoms with Gasteiger partial charge in [-0.1, -0.05) is 44.2 Å². The van der Waals surface area contributed by atoms with Gasteiger partial charge in [0.25, 0.3) is 5.91 Å². The molecular formula is C26H29N3O3. The highest BCUT2D eigenvalue weighted by Gasteiger charge is 2.11. The summed E-state index contributed by atoms with van der Waals surface area (Å²) in [6, 6.07) is 22.1. The second-order valence-electron chi connectivity index (χ2n) is 7.95. The molecule has 0 aromatic heterocycles. The maximum atomic E-state index is 12.5. The molecule has 0 aliphatic rings. The average Bonchev–Trinajstić information content (AvgIpc) is 2.78. The molecule has 32 heavy (non-hydrogen) atoms. The monoisotopic (exact) mass is 431 g/mol. The predicted molar refractivity (Wildman–Crippen MR) is 128 cm³/mol. The van der Waals surface area contributed by atoms with Gasteiger partial charge < -0.3 is 20.7 Å². The van der Waals surface area contributed by atoms with Crippen molar-refractivity contribution in [3.05, 3.63) is 83.9 Å². The van der Waals surface area contributed by atoms with Crippen LogP contribution in [0.15, 0.2) is 72.8 Å². The van der Waals surface area contributed by atoms with Crippen LogP contribution in [0.2, 0.25) is 0 Å². The molecule has 0 radical (unpaired) electrons. The standard InChI is InChI=1S/C26H29N3O3/c1-18(2)16-28-26(31)20-13-14-22(19(3)15-20)27-17-25(30)29-23-11-7-8-12-24(23)32-21-9-5-4-6-10-21/h4-15,18,27H,16-17H2,1-3H3,(H,28,31)(H,29,30). The van der Waals surface area contributed by atoms with E-state index in [1.54, 1.807) is 12.1 Å². The van der Waals surface area contributed by atoms with Gasteiger partial charge in [0.2, 0.25) is 5.91 Å². The van der Waals surface area contributed by atoms with Crippen LogP contribution >= 0.6 is 0 Å². The van der Waals surface area contributed by atoms with Crippen LogP contribution in [0, 0.1) is 12.8 Å². The minimum atomic E-state index is -0.202. The highest BCUT2D eigenvalue weighted by atomic mass is 16.5. The fraction of sp³-hybridized carbons (Fsp3) is 0.231. The highest BCUT2D eigenvalue weighted by Crippen LogP contribution is 2.29. The van der Waals surface area contributed by atoms with E-state index in [0.717, 1.165) is 11.3 Å². The number of para-hydroxylation sites is 3. The third-order valence-corrected chi connectivity index (χ3v) is 4.73. The van der Waals surface area contributed by atoms with Crippen molar-refractivity contribution in [3.63, 3.8) is 0 Å². The molecule has 0 spiro atoms. The Hall–Kier alpha value is -3.80. The third kappa shape index (κ3) is 6.60. The second-order valence-corrected chi connectivity index (χ2v) is 7.95. The summed E-state index contributed by atoms with van der Waals surface area (Å²) in [5.41, 5.74) is 2.89. The first-order chi connectivity index (χ1) is 15.4. The van der Waals surface area contributed by atoms with Crippen molar-refractivity contribution in [1.29, 1.82) is 0 Å². The Labute approximate surface area is 189 Å². The number of anilines is 2. The average molecular weight is 432 g/mol. The predicted octanol–water partition coefficient (Wildman–Crippen LogP) is 5.22. The third-order valence-electron chi connectivity index (χ3n) is 4.73. The summed E-state index contributed by atoms with van der Waals surface area (Å²) < 4.78 is 5.89. The molecule has 3 rings (SSSR count). The number of nitrogens with one attached hydrogen (secondary N) is 3. The molecule has 0 aliphatic heterocycles. The molecule has 0 atom stereocenters. The molecule has 0 heterocycles. The molecule has 3 aromatic carbocycles. The van der Waals surface area contributed by atoms with Crippen LogP contribution in [0.4, 0.5) is 11.4 Å². The van der Waals surface area contributed by atoms with Crippen LogP contribution in [0.25, 0.3) is 0 Å². The Morgan fingerprint density at radius 2 is 1.62 bits per heavy atom. The molecule has 0 aliphatic carbocycles. The van der Waals surface area contributed by atoms with Crippen LogP contribution in [0.5, 0.6) is 11.5 Å².